The monoisotopic (exact) mass is 488 g/mol. The third kappa shape index (κ3) is 10.8. The van der Waals surface area contributed by atoms with Gasteiger partial charge in [0.2, 0.25) is 0 Å². The molecular weight excluding hydrogens is 447 g/mol. The number of nitrogens with one attached hydrogen (secondary N) is 1. The zero-order valence-electron chi connectivity index (χ0n) is 21.7. The van der Waals surface area contributed by atoms with Gasteiger partial charge in [0, 0.05) is 32.1 Å². The molecule has 6 nitrogen and oxygen atoms in total. The highest BCUT2D eigenvalue weighted by Crippen LogP contribution is 2.36. The topological polar surface area (TPSA) is 98.5 Å². The molecule has 0 saturated heterocycles. The van der Waals surface area contributed by atoms with E-state index in [1.807, 2.05) is 65.0 Å². The van der Waals surface area contributed by atoms with E-state index in [-0.39, 0.29) is 5.91 Å². The van der Waals surface area contributed by atoms with E-state index < -0.39 is 13.3 Å². The third-order valence-electron chi connectivity index (χ3n) is 5.32. The highest BCUT2D eigenvalue weighted by molar-refractivity contribution is 7.59. The smallest absolute Gasteiger partial charge is 0.251 e. The minimum absolute atomic E-state index is 0.236. The van der Waals surface area contributed by atoms with Gasteiger partial charge in [-0.1, -0.05) is 38.1 Å². The molecule has 0 aliphatic heterocycles. The van der Waals surface area contributed by atoms with Crippen LogP contribution < -0.4 is 10.8 Å². The molecule has 1 amide bonds. The van der Waals surface area contributed by atoms with Crippen molar-refractivity contribution in [2.24, 2.45) is 11.4 Å². The van der Waals surface area contributed by atoms with Gasteiger partial charge in [0.05, 0.1) is 6.04 Å². The van der Waals surface area contributed by atoms with Crippen molar-refractivity contribution in [1.29, 1.82) is 0 Å². The summed E-state index contributed by atoms with van der Waals surface area (Å²) in [5, 5.41) is 2.81. The van der Waals surface area contributed by atoms with Crippen LogP contribution in [0.2, 0.25) is 0 Å². The lowest BCUT2D eigenvalue weighted by molar-refractivity contribution is -0.109. The molecule has 0 spiro atoms. The van der Waals surface area contributed by atoms with Gasteiger partial charge in [0.25, 0.3) is 5.91 Å². The first-order chi connectivity index (χ1) is 15.9. The number of aryl methyl sites for hydroxylation is 2. The largest absolute Gasteiger partial charge is 0.385 e. The zero-order chi connectivity index (χ0) is 25.9. The summed E-state index contributed by atoms with van der Waals surface area (Å²) >= 11 is 0. The van der Waals surface area contributed by atoms with Crippen LogP contribution in [0.1, 0.15) is 65.4 Å². The summed E-state index contributed by atoms with van der Waals surface area (Å²) in [6.07, 6.45) is 2.49. The minimum Gasteiger partial charge on any atom is -0.385 e. The highest BCUT2D eigenvalue weighted by Gasteiger charge is 2.16. The fraction of sp³-hybridized carbons (Fsp3) is 0.481. The van der Waals surface area contributed by atoms with Crippen molar-refractivity contribution < 1.29 is 18.9 Å². The first-order valence-electron chi connectivity index (χ1n) is 11.7. The van der Waals surface area contributed by atoms with Gasteiger partial charge in [-0.25, -0.2) is 0 Å². The van der Waals surface area contributed by atoms with Crippen LogP contribution in [0.15, 0.2) is 36.4 Å². The number of hydrogen-bond acceptors (Lipinski definition) is 4. The second kappa shape index (κ2) is 14.2. The van der Waals surface area contributed by atoms with E-state index in [4.69, 9.17) is 5.50 Å². The average molecular weight is 489 g/mol. The van der Waals surface area contributed by atoms with Crippen LogP contribution in [-0.2, 0) is 26.7 Å². The number of benzene rings is 2. The summed E-state index contributed by atoms with van der Waals surface area (Å²) in [6.45, 7) is 12.5. The molecule has 0 aromatic heterocycles. The average Bonchev–Trinajstić information content (AvgIpc) is 2.74. The summed E-state index contributed by atoms with van der Waals surface area (Å²) in [4.78, 5) is 23.9. The van der Waals surface area contributed by atoms with E-state index in [1.165, 1.54) is 5.56 Å². The van der Waals surface area contributed by atoms with Gasteiger partial charge in [-0.2, -0.15) is 0 Å². The van der Waals surface area contributed by atoms with Crippen molar-refractivity contribution in [3.05, 3.63) is 69.8 Å². The third-order valence-corrected chi connectivity index (χ3v) is 6.31. The Morgan fingerprint density at radius 1 is 1.15 bits per heavy atom. The van der Waals surface area contributed by atoms with Crippen LogP contribution in [0.5, 0.6) is 0 Å². The molecule has 0 bridgehead atoms. The number of rotatable bonds is 10. The standard InChI is InChI=1S/C24H33N2O3P.C3H8O/c1-16(2)9-22(14-27)26-24(28)21-8-6-7-19(12-21)13-23-17(3)10-20(11-18(23)4)15-30(5,25)29;1-3-4-2/h6-8,10-12,14,16,22H,9,13,15H2,1-5H3,(H2,25,29)(H,26,28);3H2,1-2H3/t22-,30?;/m1./s1. The summed E-state index contributed by atoms with van der Waals surface area (Å²) in [6, 6.07) is 11.1. The van der Waals surface area contributed by atoms with Crippen molar-refractivity contribution >= 4 is 19.5 Å². The van der Waals surface area contributed by atoms with Crippen molar-refractivity contribution in [3.63, 3.8) is 0 Å². The summed E-state index contributed by atoms with van der Waals surface area (Å²) in [5.74, 6) is 0.0849. The molecule has 0 radical (unpaired) electrons. The highest BCUT2D eigenvalue weighted by atomic mass is 31.2. The number of amides is 1. The van der Waals surface area contributed by atoms with E-state index in [1.54, 1.807) is 19.8 Å². The van der Waals surface area contributed by atoms with Crippen LogP contribution in [0.4, 0.5) is 0 Å². The van der Waals surface area contributed by atoms with Crippen LogP contribution in [0.3, 0.4) is 0 Å². The van der Waals surface area contributed by atoms with Gasteiger partial charge in [-0.3, -0.25) is 10.3 Å². The van der Waals surface area contributed by atoms with E-state index in [2.05, 4.69) is 10.1 Å². The Morgan fingerprint density at radius 2 is 1.74 bits per heavy atom. The number of aldehydes is 1. The number of carbonyl (C=O) groups excluding carboxylic acids is 2. The lowest BCUT2D eigenvalue weighted by Gasteiger charge is -2.16. The lowest BCUT2D eigenvalue weighted by atomic mass is 9.93. The molecule has 188 valence electrons. The van der Waals surface area contributed by atoms with Crippen LogP contribution >= 0.6 is 7.29 Å². The number of ether oxygens (including phenoxy) is 1. The molecule has 0 fully saturated rings. The van der Waals surface area contributed by atoms with Gasteiger partial charge in [0.15, 0.2) is 0 Å². The van der Waals surface area contributed by atoms with E-state index in [0.29, 0.717) is 30.5 Å². The fourth-order valence-corrected chi connectivity index (χ4v) is 4.66. The SMILES string of the molecule is CCOC.Cc1cc(CP(C)(N)=O)cc(C)c1Cc1cccc(C(=O)N[C@@H](C=O)CC(C)C)c1. The molecule has 2 rings (SSSR count). The summed E-state index contributed by atoms with van der Waals surface area (Å²) < 4.78 is 16.5. The maximum atomic E-state index is 12.6. The van der Waals surface area contributed by atoms with Crippen LogP contribution in [0, 0.1) is 19.8 Å². The van der Waals surface area contributed by atoms with E-state index in [9.17, 15) is 14.2 Å². The Bertz CT molecular complexity index is 973. The Labute approximate surface area is 205 Å². The Kier molecular flexibility index (Phi) is 12.4. The second-order valence-electron chi connectivity index (χ2n) is 9.34. The molecule has 0 heterocycles. The van der Waals surface area contributed by atoms with Crippen molar-refractivity contribution in [1.82, 2.24) is 5.32 Å². The molecule has 7 heteroatoms. The van der Waals surface area contributed by atoms with Gasteiger partial charge in [-0.05, 0) is 79.5 Å². The van der Waals surface area contributed by atoms with Crippen LogP contribution in [-0.4, -0.2) is 38.6 Å². The maximum absolute atomic E-state index is 12.6. The van der Waals surface area contributed by atoms with E-state index in [0.717, 1.165) is 35.1 Å². The lowest BCUT2D eigenvalue weighted by Crippen LogP contribution is -2.37. The molecular formula is C27H41N2O4P. The Hall–Kier alpha value is -2.27. The summed E-state index contributed by atoms with van der Waals surface area (Å²) in [5.41, 5.74) is 11.7. The molecule has 1 unspecified atom stereocenters. The molecule has 34 heavy (non-hydrogen) atoms. The normalized spacial score (nSPS) is 13.4. The first-order valence-corrected chi connectivity index (χ1v) is 14.1. The van der Waals surface area contributed by atoms with E-state index >= 15 is 0 Å². The number of nitrogens with two attached hydrogens (primary N) is 1. The fourth-order valence-electron chi connectivity index (χ4n) is 3.75. The van der Waals surface area contributed by atoms with Gasteiger partial charge < -0.3 is 19.4 Å². The minimum atomic E-state index is -2.62. The van der Waals surface area contributed by atoms with Gasteiger partial charge in [-0.15, -0.1) is 0 Å². The molecule has 2 aromatic carbocycles. The van der Waals surface area contributed by atoms with Gasteiger partial charge >= 0.3 is 0 Å². The second-order valence-corrected chi connectivity index (χ2v) is 12.0. The number of hydrogen-bond donors (Lipinski definition) is 2. The molecule has 0 aliphatic carbocycles. The predicted octanol–water partition coefficient (Wildman–Crippen LogP) is 5.26. The molecule has 2 aromatic rings. The molecule has 0 aliphatic rings. The Balaban J connectivity index is 0.00000133. The number of methoxy groups -OCH3 is 1. The van der Waals surface area contributed by atoms with Crippen LogP contribution in [0.25, 0.3) is 0 Å². The zero-order valence-corrected chi connectivity index (χ0v) is 22.6. The molecule has 0 saturated carbocycles. The quantitative estimate of drug-likeness (QED) is 0.351. The summed E-state index contributed by atoms with van der Waals surface area (Å²) in [7, 11) is -0.939. The van der Waals surface area contributed by atoms with Crippen molar-refractivity contribution in [2.75, 3.05) is 20.4 Å². The maximum Gasteiger partial charge on any atom is 0.251 e. The predicted molar refractivity (Wildman–Crippen MR) is 141 cm³/mol. The molecule has 2 atom stereocenters. The van der Waals surface area contributed by atoms with Gasteiger partial charge in [0.1, 0.15) is 13.6 Å². The van der Waals surface area contributed by atoms with Crippen molar-refractivity contribution in [3.8, 4) is 0 Å². The first kappa shape index (κ1) is 29.8. The van der Waals surface area contributed by atoms with Crippen molar-refractivity contribution in [2.45, 2.75) is 59.7 Å². The Morgan fingerprint density at radius 3 is 2.21 bits per heavy atom. The number of carbonyl (C=O) groups is 2. The molecule has 3 N–H and O–H groups in total.